The van der Waals surface area contributed by atoms with E-state index in [0.29, 0.717) is 35.7 Å². The molecule has 166 valence electrons. The lowest BCUT2D eigenvalue weighted by Crippen LogP contribution is -2.43. The summed E-state index contributed by atoms with van der Waals surface area (Å²) in [5.41, 5.74) is 3.47. The summed E-state index contributed by atoms with van der Waals surface area (Å²) in [6.07, 6.45) is 4.30. The second kappa shape index (κ2) is 8.91. The number of fused-ring (bicyclic) bond motifs is 1. The molecule has 2 aromatic carbocycles. The number of pyridine rings is 1. The number of hydrogen-bond donors (Lipinski definition) is 1. The summed E-state index contributed by atoms with van der Waals surface area (Å²) in [6.45, 7) is 1.97. The number of carbonyl (C=O) groups excluding carboxylic acids is 1. The highest BCUT2D eigenvalue weighted by Gasteiger charge is 2.29. The summed E-state index contributed by atoms with van der Waals surface area (Å²) < 4.78 is 14.6. The van der Waals surface area contributed by atoms with E-state index in [9.17, 15) is 9.18 Å². The van der Waals surface area contributed by atoms with Gasteiger partial charge in [0.2, 0.25) is 0 Å². The largest absolute Gasteiger partial charge is 0.367 e. The number of para-hydroxylation sites is 1. The number of nitrogens with one attached hydrogen (secondary N) is 1. The van der Waals surface area contributed by atoms with Gasteiger partial charge in [0, 0.05) is 37.6 Å². The molecule has 7 heteroatoms. The summed E-state index contributed by atoms with van der Waals surface area (Å²) in [4.78, 5) is 21.7. The number of nitriles is 1. The third-order valence-electron chi connectivity index (χ3n) is 6.35. The molecule has 1 unspecified atom stereocenters. The molecule has 5 rings (SSSR count). The molecular formula is C26H24FN5O. The average molecular weight is 442 g/mol. The molecule has 2 aliphatic heterocycles. The van der Waals surface area contributed by atoms with Crippen LogP contribution in [0.1, 0.15) is 34.3 Å². The Morgan fingerprint density at radius 2 is 2.00 bits per heavy atom. The molecule has 1 saturated heterocycles. The molecule has 0 saturated carbocycles. The van der Waals surface area contributed by atoms with Crippen LogP contribution in [0.3, 0.4) is 0 Å². The van der Waals surface area contributed by atoms with Crippen LogP contribution >= 0.6 is 0 Å². The normalized spacial score (nSPS) is 17.4. The van der Waals surface area contributed by atoms with Crippen molar-refractivity contribution in [1.82, 2.24) is 4.98 Å². The number of aromatic nitrogens is 1. The van der Waals surface area contributed by atoms with Gasteiger partial charge in [-0.05, 0) is 61.2 Å². The highest BCUT2D eigenvalue weighted by Crippen LogP contribution is 2.31. The second-order valence-corrected chi connectivity index (χ2v) is 8.44. The van der Waals surface area contributed by atoms with Gasteiger partial charge < -0.3 is 15.1 Å². The Morgan fingerprint density at radius 3 is 2.85 bits per heavy atom. The Balaban J connectivity index is 1.34. The number of anilines is 3. The molecule has 6 nitrogen and oxygen atoms in total. The fourth-order valence-electron chi connectivity index (χ4n) is 4.73. The van der Waals surface area contributed by atoms with E-state index in [1.54, 1.807) is 30.5 Å². The van der Waals surface area contributed by atoms with E-state index < -0.39 is 5.82 Å². The summed E-state index contributed by atoms with van der Waals surface area (Å²) in [7, 11) is 0. The van der Waals surface area contributed by atoms with Crippen molar-refractivity contribution in [3.8, 4) is 6.07 Å². The SMILES string of the molecule is N#Cc1ccc(N2CCCC(Nc3ncccc3C(=O)N3CCc4ccccc43)C2)c(F)c1. The second-order valence-electron chi connectivity index (χ2n) is 8.44. The molecule has 0 bridgehead atoms. The van der Waals surface area contributed by atoms with Crippen LogP contribution in [0.25, 0.3) is 0 Å². The first kappa shape index (κ1) is 21.0. The summed E-state index contributed by atoms with van der Waals surface area (Å²) >= 11 is 0. The first-order chi connectivity index (χ1) is 16.1. The summed E-state index contributed by atoms with van der Waals surface area (Å²) in [5.74, 6) is 0.0940. The number of rotatable bonds is 4. The van der Waals surface area contributed by atoms with Gasteiger partial charge in [-0.1, -0.05) is 18.2 Å². The molecule has 1 N–H and O–H groups in total. The van der Waals surface area contributed by atoms with E-state index >= 15 is 0 Å². The van der Waals surface area contributed by atoms with Crippen molar-refractivity contribution in [2.24, 2.45) is 0 Å². The molecule has 1 atom stereocenters. The standard InChI is InChI=1S/C26H24FN5O/c27-22-15-18(16-28)9-10-24(22)31-13-4-6-20(17-31)30-25-21(7-3-12-29-25)26(33)32-14-11-19-5-1-2-8-23(19)32/h1-3,5,7-10,12,15,20H,4,6,11,13-14,17H2,(H,29,30). The van der Waals surface area contributed by atoms with E-state index in [0.717, 1.165) is 31.5 Å². The van der Waals surface area contributed by atoms with E-state index in [1.807, 2.05) is 34.1 Å². The van der Waals surface area contributed by atoms with E-state index in [4.69, 9.17) is 5.26 Å². The van der Waals surface area contributed by atoms with Gasteiger partial charge in [0.15, 0.2) is 0 Å². The molecule has 2 aliphatic rings. The van der Waals surface area contributed by atoms with Gasteiger partial charge in [0.1, 0.15) is 11.6 Å². The number of halogens is 1. The minimum absolute atomic E-state index is 0.0149. The zero-order valence-corrected chi connectivity index (χ0v) is 18.2. The van der Waals surface area contributed by atoms with Crippen molar-refractivity contribution in [3.05, 3.63) is 83.3 Å². The van der Waals surface area contributed by atoms with Gasteiger partial charge in [0.25, 0.3) is 5.91 Å². The number of carbonyl (C=O) groups is 1. The predicted octanol–water partition coefficient (Wildman–Crippen LogP) is 4.38. The van der Waals surface area contributed by atoms with Crippen LogP contribution in [0.15, 0.2) is 60.8 Å². The molecule has 1 amide bonds. The highest BCUT2D eigenvalue weighted by molar-refractivity contribution is 6.10. The first-order valence-corrected chi connectivity index (χ1v) is 11.2. The molecule has 1 aromatic heterocycles. The van der Waals surface area contributed by atoms with Crippen molar-refractivity contribution in [3.63, 3.8) is 0 Å². The summed E-state index contributed by atoms with van der Waals surface area (Å²) in [6, 6.07) is 18.1. The molecule has 0 aliphatic carbocycles. The average Bonchev–Trinajstić information content (AvgIpc) is 3.28. The maximum Gasteiger partial charge on any atom is 0.262 e. The third-order valence-corrected chi connectivity index (χ3v) is 6.35. The van der Waals surface area contributed by atoms with Gasteiger partial charge >= 0.3 is 0 Å². The Labute approximate surface area is 192 Å². The highest BCUT2D eigenvalue weighted by atomic mass is 19.1. The van der Waals surface area contributed by atoms with Crippen LogP contribution in [0, 0.1) is 17.1 Å². The minimum atomic E-state index is -0.392. The maximum absolute atomic E-state index is 14.6. The van der Waals surface area contributed by atoms with Gasteiger partial charge in [-0.2, -0.15) is 5.26 Å². The molecule has 1 fully saturated rings. The number of benzene rings is 2. The molecule has 3 heterocycles. The van der Waals surface area contributed by atoms with Crippen LogP contribution in [-0.2, 0) is 6.42 Å². The predicted molar refractivity (Wildman–Crippen MR) is 126 cm³/mol. The van der Waals surface area contributed by atoms with Crippen molar-refractivity contribution < 1.29 is 9.18 Å². The zero-order valence-electron chi connectivity index (χ0n) is 18.2. The first-order valence-electron chi connectivity index (χ1n) is 11.2. The van der Waals surface area contributed by atoms with Crippen LogP contribution in [0.5, 0.6) is 0 Å². The molecule has 3 aromatic rings. The Bertz CT molecular complexity index is 1240. The molecular weight excluding hydrogens is 417 g/mol. The fourth-order valence-corrected chi connectivity index (χ4v) is 4.73. The third kappa shape index (κ3) is 4.12. The van der Waals surface area contributed by atoms with Crippen molar-refractivity contribution in [2.45, 2.75) is 25.3 Å². The van der Waals surface area contributed by atoms with Crippen LogP contribution in [0.2, 0.25) is 0 Å². The number of nitrogens with zero attached hydrogens (tertiary/aromatic N) is 4. The van der Waals surface area contributed by atoms with Crippen molar-refractivity contribution >= 4 is 23.1 Å². The summed E-state index contributed by atoms with van der Waals surface area (Å²) in [5, 5.41) is 12.4. The quantitative estimate of drug-likeness (QED) is 0.651. The minimum Gasteiger partial charge on any atom is -0.367 e. The van der Waals surface area contributed by atoms with E-state index in [2.05, 4.69) is 16.4 Å². The molecule has 0 spiro atoms. The Morgan fingerprint density at radius 1 is 1.12 bits per heavy atom. The monoisotopic (exact) mass is 441 g/mol. The Kier molecular flexibility index (Phi) is 5.66. The topological polar surface area (TPSA) is 72.3 Å². The van der Waals surface area contributed by atoms with Crippen LogP contribution in [0.4, 0.5) is 21.6 Å². The number of hydrogen-bond acceptors (Lipinski definition) is 5. The lowest BCUT2D eigenvalue weighted by atomic mass is 10.0. The van der Waals surface area contributed by atoms with Gasteiger partial charge in [-0.3, -0.25) is 4.79 Å². The van der Waals surface area contributed by atoms with Crippen LogP contribution in [-0.4, -0.2) is 36.6 Å². The van der Waals surface area contributed by atoms with E-state index in [1.165, 1.54) is 11.6 Å². The zero-order chi connectivity index (χ0) is 22.8. The molecule has 0 radical (unpaired) electrons. The fraction of sp³-hybridized carbons (Fsp3) is 0.269. The lowest BCUT2D eigenvalue weighted by molar-refractivity contribution is 0.0990. The maximum atomic E-state index is 14.6. The van der Waals surface area contributed by atoms with E-state index in [-0.39, 0.29) is 11.9 Å². The van der Waals surface area contributed by atoms with Gasteiger partial charge in [0.05, 0.1) is 22.9 Å². The van der Waals surface area contributed by atoms with Crippen molar-refractivity contribution in [2.75, 3.05) is 34.8 Å². The number of piperidine rings is 1. The molecule has 33 heavy (non-hydrogen) atoms. The lowest BCUT2D eigenvalue weighted by Gasteiger charge is -2.35. The number of amides is 1. The Hall–Kier alpha value is -3.92. The van der Waals surface area contributed by atoms with Crippen LogP contribution < -0.4 is 15.1 Å². The smallest absolute Gasteiger partial charge is 0.262 e. The van der Waals surface area contributed by atoms with Crippen molar-refractivity contribution in [1.29, 1.82) is 5.26 Å². The van der Waals surface area contributed by atoms with Gasteiger partial charge in [-0.15, -0.1) is 0 Å². The van der Waals surface area contributed by atoms with Gasteiger partial charge in [-0.25, -0.2) is 9.37 Å².